The average Bonchev–Trinajstić information content (AvgIpc) is 2.38. The van der Waals surface area contributed by atoms with Crippen molar-refractivity contribution in [3.05, 3.63) is 0 Å². The van der Waals surface area contributed by atoms with Crippen LogP contribution in [0.1, 0.15) is 59.3 Å². The summed E-state index contributed by atoms with van der Waals surface area (Å²) in [5.74, 6) is -0.114. The Morgan fingerprint density at radius 2 is 1.74 bits per heavy atom. The van der Waals surface area contributed by atoms with E-state index in [1.54, 1.807) is 0 Å². The van der Waals surface area contributed by atoms with Gasteiger partial charge in [0.05, 0.1) is 19.3 Å². The normalized spacial score (nSPS) is 12.4. The van der Waals surface area contributed by atoms with E-state index in [-0.39, 0.29) is 12.1 Å². The summed E-state index contributed by atoms with van der Waals surface area (Å²) in [6, 6.07) is 0. The Morgan fingerprint density at radius 1 is 1.00 bits per heavy atom. The van der Waals surface area contributed by atoms with Gasteiger partial charge in [0.1, 0.15) is 0 Å². The first-order valence-corrected chi connectivity index (χ1v) is 7.55. The molecular formula is C15H30O4. The lowest BCUT2D eigenvalue weighted by Crippen LogP contribution is -2.15. The van der Waals surface area contributed by atoms with Crippen LogP contribution in [0.15, 0.2) is 0 Å². The summed E-state index contributed by atoms with van der Waals surface area (Å²) in [6.07, 6.45) is 5.68. The average molecular weight is 274 g/mol. The Bertz CT molecular complexity index is 206. The van der Waals surface area contributed by atoms with Crippen molar-refractivity contribution in [3.8, 4) is 0 Å². The van der Waals surface area contributed by atoms with Crippen LogP contribution in [0.2, 0.25) is 0 Å². The molecule has 0 aliphatic carbocycles. The number of carbonyl (C=O) groups is 1. The predicted molar refractivity (Wildman–Crippen MR) is 76.2 cm³/mol. The number of hydrogen-bond donors (Lipinski definition) is 0. The predicted octanol–water partition coefficient (Wildman–Crippen LogP) is 3.33. The summed E-state index contributed by atoms with van der Waals surface area (Å²) in [5.41, 5.74) is 0. The van der Waals surface area contributed by atoms with E-state index in [2.05, 4.69) is 6.92 Å². The van der Waals surface area contributed by atoms with Gasteiger partial charge in [-0.15, -0.1) is 0 Å². The van der Waals surface area contributed by atoms with Gasteiger partial charge in [0, 0.05) is 19.6 Å². The van der Waals surface area contributed by atoms with Gasteiger partial charge in [0.2, 0.25) is 0 Å². The van der Waals surface area contributed by atoms with Gasteiger partial charge in [-0.1, -0.05) is 19.8 Å². The summed E-state index contributed by atoms with van der Waals surface area (Å²) in [4.78, 5) is 11.5. The van der Waals surface area contributed by atoms with Crippen molar-refractivity contribution in [1.29, 1.82) is 0 Å². The molecule has 4 heteroatoms. The third-order valence-electron chi connectivity index (χ3n) is 2.79. The Hall–Kier alpha value is -0.610. The maximum atomic E-state index is 11.5. The lowest BCUT2D eigenvalue weighted by atomic mass is 10.1. The van der Waals surface area contributed by atoms with Crippen molar-refractivity contribution >= 4 is 5.97 Å². The van der Waals surface area contributed by atoms with Crippen LogP contribution in [-0.2, 0) is 19.0 Å². The fourth-order valence-electron chi connectivity index (χ4n) is 1.71. The lowest BCUT2D eigenvalue weighted by Gasteiger charge is -2.12. The minimum atomic E-state index is -0.114. The topological polar surface area (TPSA) is 44.8 Å². The fourth-order valence-corrected chi connectivity index (χ4v) is 1.71. The minimum Gasteiger partial charge on any atom is -0.463 e. The Balaban J connectivity index is 3.33. The van der Waals surface area contributed by atoms with E-state index < -0.39 is 0 Å². The highest BCUT2D eigenvalue weighted by Crippen LogP contribution is 2.07. The summed E-state index contributed by atoms with van der Waals surface area (Å²) >= 11 is 0. The summed E-state index contributed by atoms with van der Waals surface area (Å²) in [5, 5.41) is 0. The quantitative estimate of drug-likeness (QED) is 0.382. The minimum absolute atomic E-state index is 0.0397. The molecule has 0 radical (unpaired) electrons. The summed E-state index contributed by atoms with van der Waals surface area (Å²) in [6.45, 7) is 8.61. The number of hydrogen-bond acceptors (Lipinski definition) is 4. The van der Waals surface area contributed by atoms with E-state index in [1.165, 1.54) is 12.8 Å². The van der Waals surface area contributed by atoms with Crippen LogP contribution < -0.4 is 0 Å². The molecular weight excluding hydrogens is 244 g/mol. The molecule has 0 amide bonds. The smallest absolute Gasteiger partial charge is 0.306 e. The number of carbonyl (C=O) groups excluding carboxylic acids is 1. The largest absolute Gasteiger partial charge is 0.463 e. The van der Waals surface area contributed by atoms with E-state index in [4.69, 9.17) is 14.2 Å². The maximum absolute atomic E-state index is 11.5. The molecule has 0 saturated carbocycles. The SMILES string of the molecule is CCCCCC(C)OC(=O)CCCOCCOCC. The van der Waals surface area contributed by atoms with E-state index in [0.717, 1.165) is 12.8 Å². The van der Waals surface area contributed by atoms with Crippen LogP contribution in [0.4, 0.5) is 0 Å². The highest BCUT2D eigenvalue weighted by Gasteiger charge is 2.08. The maximum Gasteiger partial charge on any atom is 0.306 e. The van der Waals surface area contributed by atoms with Crippen LogP contribution in [0, 0.1) is 0 Å². The van der Waals surface area contributed by atoms with Crippen LogP contribution >= 0.6 is 0 Å². The molecule has 0 aromatic heterocycles. The Labute approximate surface area is 117 Å². The standard InChI is InChI=1S/C15H30O4/c1-4-6-7-9-14(3)19-15(16)10-8-11-18-13-12-17-5-2/h14H,4-13H2,1-3H3. The molecule has 0 aromatic carbocycles. The molecule has 0 aromatic rings. The van der Waals surface area contributed by atoms with Gasteiger partial charge in [0.25, 0.3) is 0 Å². The molecule has 0 aliphatic rings. The molecule has 0 N–H and O–H groups in total. The zero-order valence-corrected chi connectivity index (χ0v) is 12.8. The zero-order chi connectivity index (χ0) is 14.3. The second-order valence-electron chi connectivity index (χ2n) is 4.71. The second kappa shape index (κ2) is 13.8. The van der Waals surface area contributed by atoms with Crippen LogP contribution in [-0.4, -0.2) is 38.5 Å². The molecule has 4 nitrogen and oxygen atoms in total. The molecule has 0 heterocycles. The van der Waals surface area contributed by atoms with E-state index in [9.17, 15) is 4.79 Å². The van der Waals surface area contributed by atoms with Crippen molar-refractivity contribution < 1.29 is 19.0 Å². The van der Waals surface area contributed by atoms with E-state index >= 15 is 0 Å². The first-order valence-electron chi connectivity index (χ1n) is 7.55. The highest BCUT2D eigenvalue weighted by molar-refractivity contribution is 5.69. The van der Waals surface area contributed by atoms with Crippen LogP contribution in [0.5, 0.6) is 0 Å². The molecule has 0 aliphatic heterocycles. The Kier molecular flexibility index (Phi) is 13.4. The monoisotopic (exact) mass is 274 g/mol. The molecule has 1 atom stereocenters. The van der Waals surface area contributed by atoms with Gasteiger partial charge < -0.3 is 14.2 Å². The molecule has 0 rings (SSSR count). The van der Waals surface area contributed by atoms with Crippen molar-refractivity contribution in [3.63, 3.8) is 0 Å². The van der Waals surface area contributed by atoms with Gasteiger partial charge in [-0.25, -0.2) is 0 Å². The molecule has 0 saturated heterocycles. The molecule has 114 valence electrons. The first-order chi connectivity index (χ1) is 9.20. The lowest BCUT2D eigenvalue weighted by molar-refractivity contribution is -0.148. The zero-order valence-electron chi connectivity index (χ0n) is 12.8. The van der Waals surface area contributed by atoms with Gasteiger partial charge in [-0.3, -0.25) is 4.79 Å². The summed E-state index contributed by atoms with van der Waals surface area (Å²) in [7, 11) is 0. The number of rotatable bonds is 13. The third-order valence-corrected chi connectivity index (χ3v) is 2.79. The van der Waals surface area contributed by atoms with Crippen LogP contribution in [0.25, 0.3) is 0 Å². The van der Waals surface area contributed by atoms with Crippen molar-refractivity contribution in [2.24, 2.45) is 0 Å². The van der Waals surface area contributed by atoms with Gasteiger partial charge in [-0.05, 0) is 33.1 Å². The van der Waals surface area contributed by atoms with Crippen molar-refractivity contribution in [1.82, 2.24) is 0 Å². The number of ether oxygens (including phenoxy) is 3. The molecule has 1 unspecified atom stereocenters. The van der Waals surface area contributed by atoms with Crippen LogP contribution in [0.3, 0.4) is 0 Å². The fraction of sp³-hybridized carbons (Fsp3) is 0.933. The molecule has 0 fully saturated rings. The summed E-state index contributed by atoms with van der Waals surface area (Å²) < 4.78 is 15.8. The Morgan fingerprint density at radius 3 is 2.42 bits per heavy atom. The number of esters is 1. The molecule has 0 bridgehead atoms. The highest BCUT2D eigenvalue weighted by atomic mass is 16.5. The second-order valence-corrected chi connectivity index (χ2v) is 4.71. The van der Waals surface area contributed by atoms with E-state index in [1.807, 2.05) is 13.8 Å². The van der Waals surface area contributed by atoms with Gasteiger partial charge in [0.15, 0.2) is 0 Å². The first kappa shape index (κ1) is 18.4. The van der Waals surface area contributed by atoms with Crippen molar-refractivity contribution in [2.45, 2.75) is 65.4 Å². The number of unbranched alkanes of at least 4 members (excludes halogenated alkanes) is 2. The van der Waals surface area contributed by atoms with Gasteiger partial charge in [-0.2, -0.15) is 0 Å². The van der Waals surface area contributed by atoms with Gasteiger partial charge >= 0.3 is 5.97 Å². The van der Waals surface area contributed by atoms with E-state index in [0.29, 0.717) is 39.3 Å². The van der Waals surface area contributed by atoms with Crippen molar-refractivity contribution in [2.75, 3.05) is 26.4 Å². The third kappa shape index (κ3) is 13.6. The molecule has 0 spiro atoms. The molecule has 19 heavy (non-hydrogen) atoms.